The van der Waals surface area contributed by atoms with Crippen LogP contribution in [0, 0.1) is 17.8 Å². The van der Waals surface area contributed by atoms with Crippen LogP contribution in [0.4, 0.5) is 0 Å². The van der Waals surface area contributed by atoms with Gasteiger partial charge in [-0.2, -0.15) is 5.10 Å². The number of hydrazone groups is 1. The van der Waals surface area contributed by atoms with E-state index in [9.17, 15) is 9.59 Å². The van der Waals surface area contributed by atoms with Gasteiger partial charge in [-0.15, -0.1) is 0 Å². The van der Waals surface area contributed by atoms with E-state index in [0.717, 1.165) is 37.0 Å². The summed E-state index contributed by atoms with van der Waals surface area (Å²) < 4.78 is 0. The molecule has 2 N–H and O–H groups in total. The minimum atomic E-state index is -0.320. The third kappa shape index (κ3) is 3.64. The van der Waals surface area contributed by atoms with Crippen LogP contribution in [0.2, 0.25) is 0 Å². The number of nitrogens with one attached hydrogen (secondary N) is 2. The van der Waals surface area contributed by atoms with Gasteiger partial charge in [-0.3, -0.25) is 14.6 Å². The lowest BCUT2D eigenvalue weighted by molar-refractivity contribution is -0.125. The molecule has 0 atom stereocenters. The van der Waals surface area contributed by atoms with Crippen molar-refractivity contribution < 1.29 is 9.59 Å². The largest absolute Gasteiger partial charge is 0.350 e. The summed E-state index contributed by atoms with van der Waals surface area (Å²) in [6.07, 6.45) is 10.8. The van der Waals surface area contributed by atoms with Crippen LogP contribution in [0.3, 0.4) is 0 Å². The molecule has 26 heavy (non-hydrogen) atoms. The van der Waals surface area contributed by atoms with Crippen molar-refractivity contribution in [3.8, 4) is 0 Å². The molecule has 138 valence electrons. The zero-order valence-electron chi connectivity index (χ0n) is 15.2. The van der Waals surface area contributed by atoms with Crippen LogP contribution in [0.5, 0.6) is 0 Å². The summed E-state index contributed by atoms with van der Waals surface area (Å²) in [5.41, 5.74) is 3.56. The fraction of sp³-hybridized carbons (Fsp3) is 0.600. The first-order chi connectivity index (χ1) is 12.5. The second-order valence-electron chi connectivity index (χ2n) is 8.45. The second kappa shape index (κ2) is 6.82. The van der Waals surface area contributed by atoms with E-state index in [1.807, 2.05) is 0 Å². The van der Waals surface area contributed by atoms with Crippen LogP contribution >= 0.6 is 0 Å². The minimum absolute atomic E-state index is 0.0174. The number of amides is 2. The summed E-state index contributed by atoms with van der Waals surface area (Å²) >= 11 is 0. The fourth-order valence-corrected chi connectivity index (χ4v) is 5.58. The maximum atomic E-state index is 12.5. The molecule has 4 fully saturated rings. The molecule has 0 aromatic carbocycles. The third-order valence-corrected chi connectivity index (χ3v) is 6.13. The monoisotopic (exact) mass is 354 g/mol. The quantitative estimate of drug-likeness (QED) is 0.630. The van der Waals surface area contributed by atoms with Crippen LogP contribution in [-0.2, 0) is 4.79 Å². The fourth-order valence-electron chi connectivity index (χ4n) is 5.58. The van der Waals surface area contributed by atoms with E-state index < -0.39 is 0 Å². The summed E-state index contributed by atoms with van der Waals surface area (Å²) in [5.74, 6) is 2.10. The third-order valence-electron chi connectivity index (χ3n) is 6.13. The standard InChI is InChI=1S/C20H26N4O2/c1-13(23-24-19(26)17-3-2-4-21-12-17)5-18(25)22-20-9-14-6-15(10-20)8-16(7-14)11-20/h2-4,12,14-16H,5-11H2,1H3,(H,22,25)(H,24,26)/b23-13+. The van der Waals surface area contributed by atoms with E-state index in [1.165, 1.54) is 25.5 Å². The summed E-state index contributed by atoms with van der Waals surface area (Å²) in [6, 6.07) is 3.37. The highest BCUT2D eigenvalue weighted by Gasteiger charge is 2.51. The van der Waals surface area contributed by atoms with E-state index in [0.29, 0.717) is 11.3 Å². The van der Waals surface area contributed by atoms with Gasteiger partial charge in [0.1, 0.15) is 0 Å². The lowest BCUT2D eigenvalue weighted by atomic mass is 9.53. The van der Waals surface area contributed by atoms with E-state index in [4.69, 9.17) is 0 Å². The molecular weight excluding hydrogens is 328 g/mol. The lowest BCUT2D eigenvalue weighted by Crippen LogP contribution is -2.60. The SMILES string of the molecule is C/C(CC(=O)NC12CC3CC(CC(C3)C1)C2)=N\NC(=O)c1cccnc1. The Balaban J connectivity index is 1.31. The van der Waals surface area contributed by atoms with Crippen LogP contribution in [0.25, 0.3) is 0 Å². The van der Waals surface area contributed by atoms with Crippen LogP contribution in [0.15, 0.2) is 29.6 Å². The van der Waals surface area contributed by atoms with Crippen molar-refractivity contribution in [1.29, 1.82) is 0 Å². The smallest absolute Gasteiger partial charge is 0.272 e. The molecule has 4 saturated carbocycles. The highest BCUT2D eigenvalue weighted by molar-refractivity contribution is 6.01. The first kappa shape index (κ1) is 17.2. The Labute approximate surface area is 153 Å². The molecule has 0 unspecified atom stereocenters. The molecule has 1 heterocycles. The van der Waals surface area contributed by atoms with Gasteiger partial charge in [-0.05, 0) is 75.3 Å². The Morgan fingerprint density at radius 1 is 1.19 bits per heavy atom. The van der Waals surface area contributed by atoms with Gasteiger partial charge in [0.05, 0.1) is 12.0 Å². The zero-order chi connectivity index (χ0) is 18.1. The molecule has 4 aliphatic carbocycles. The van der Waals surface area contributed by atoms with Gasteiger partial charge in [-0.25, -0.2) is 5.43 Å². The summed E-state index contributed by atoms with van der Waals surface area (Å²) in [7, 11) is 0. The predicted molar refractivity (Wildman–Crippen MR) is 98.5 cm³/mol. The highest BCUT2D eigenvalue weighted by Crippen LogP contribution is 2.55. The molecule has 0 radical (unpaired) electrons. The number of rotatable bonds is 5. The van der Waals surface area contributed by atoms with E-state index in [-0.39, 0.29) is 23.8 Å². The first-order valence-electron chi connectivity index (χ1n) is 9.56. The predicted octanol–water partition coefficient (Wildman–Crippen LogP) is 2.66. The molecular formula is C20H26N4O2. The Kier molecular flexibility index (Phi) is 4.51. The second-order valence-corrected chi connectivity index (χ2v) is 8.45. The number of nitrogens with zero attached hydrogens (tertiary/aromatic N) is 2. The number of hydrogen-bond donors (Lipinski definition) is 2. The van der Waals surface area contributed by atoms with Crippen molar-refractivity contribution in [2.75, 3.05) is 0 Å². The molecule has 1 aromatic rings. The molecule has 6 nitrogen and oxygen atoms in total. The molecule has 0 saturated heterocycles. The van der Waals surface area contributed by atoms with Gasteiger partial charge in [-0.1, -0.05) is 0 Å². The molecule has 4 bridgehead atoms. The zero-order valence-corrected chi connectivity index (χ0v) is 15.2. The molecule has 0 aliphatic heterocycles. The molecule has 5 rings (SSSR count). The van der Waals surface area contributed by atoms with Crippen LogP contribution < -0.4 is 10.7 Å². The lowest BCUT2D eigenvalue weighted by Gasteiger charge is -2.56. The summed E-state index contributed by atoms with van der Waals surface area (Å²) in [5, 5.41) is 7.40. The van der Waals surface area contributed by atoms with Gasteiger partial charge < -0.3 is 5.32 Å². The van der Waals surface area contributed by atoms with Crippen molar-refractivity contribution in [3.05, 3.63) is 30.1 Å². The van der Waals surface area contributed by atoms with Gasteiger partial charge in [0.25, 0.3) is 5.91 Å². The highest BCUT2D eigenvalue weighted by atomic mass is 16.2. The van der Waals surface area contributed by atoms with Crippen LogP contribution in [0.1, 0.15) is 62.2 Å². The molecule has 4 aliphatic rings. The Bertz CT molecular complexity index is 693. The topological polar surface area (TPSA) is 83.5 Å². The van der Waals surface area contributed by atoms with Crippen molar-refractivity contribution in [3.63, 3.8) is 0 Å². The average molecular weight is 354 g/mol. The van der Waals surface area contributed by atoms with Crippen molar-refractivity contribution in [2.24, 2.45) is 22.9 Å². The number of carbonyl (C=O) groups excluding carboxylic acids is 2. The number of carbonyl (C=O) groups is 2. The van der Waals surface area contributed by atoms with E-state index in [1.54, 1.807) is 25.3 Å². The molecule has 0 spiro atoms. The van der Waals surface area contributed by atoms with Crippen molar-refractivity contribution in [2.45, 2.75) is 57.4 Å². The number of hydrogen-bond acceptors (Lipinski definition) is 4. The van der Waals surface area contributed by atoms with Gasteiger partial charge >= 0.3 is 0 Å². The van der Waals surface area contributed by atoms with Gasteiger partial charge in [0.15, 0.2) is 0 Å². The summed E-state index contributed by atoms with van der Waals surface area (Å²) in [6.45, 7) is 1.77. The van der Waals surface area contributed by atoms with Crippen molar-refractivity contribution >= 4 is 17.5 Å². The van der Waals surface area contributed by atoms with Gasteiger partial charge in [0.2, 0.25) is 5.91 Å². The maximum absolute atomic E-state index is 12.5. The van der Waals surface area contributed by atoms with E-state index in [2.05, 4.69) is 20.8 Å². The van der Waals surface area contributed by atoms with Gasteiger partial charge in [0, 0.05) is 23.6 Å². The first-order valence-corrected chi connectivity index (χ1v) is 9.56. The number of pyridine rings is 1. The Morgan fingerprint density at radius 3 is 2.42 bits per heavy atom. The van der Waals surface area contributed by atoms with E-state index >= 15 is 0 Å². The summed E-state index contributed by atoms with van der Waals surface area (Å²) in [4.78, 5) is 28.4. The Morgan fingerprint density at radius 2 is 1.85 bits per heavy atom. The normalized spacial score (nSPS) is 32.3. The molecule has 1 aromatic heterocycles. The maximum Gasteiger partial charge on any atom is 0.272 e. The number of aromatic nitrogens is 1. The molecule has 6 heteroatoms. The Hall–Kier alpha value is -2.24. The minimum Gasteiger partial charge on any atom is -0.350 e. The molecule has 2 amide bonds. The van der Waals surface area contributed by atoms with Crippen molar-refractivity contribution in [1.82, 2.24) is 15.7 Å². The van der Waals surface area contributed by atoms with Crippen LogP contribution in [-0.4, -0.2) is 28.0 Å². The average Bonchev–Trinajstić information content (AvgIpc) is 2.58.